The van der Waals surface area contributed by atoms with Gasteiger partial charge in [-0.25, -0.2) is 4.57 Å². The van der Waals surface area contributed by atoms with E-state index in [9.17, 15) is 19.0 Å². The van der Waals surface area contributed by atoms with Crippen LogP contribution in [0.15, 0.2) is 0 Å². The van der Waals surface area contributed by atoms with Crippen LogP contribution in [-0.2, 0) is 23.2 Å². The average molecular weight is 577 g/mol. The highest BCUT2D eigenvalue weighted by Gasteiger charge is 2.32. The Morgan fingerprint density at radius 1 is 0.692 bits per heavy atom. The molecule has 8 heteroatoms. The lowest BCUT2D eigenvalue weighted by Crippen LogP contribution is -2.37. The zero-order valence-electron chi connectivity index (χ0n) is 26.2. The third-order valence-corrected chi connectivity index (χ3v) is 8.16. The van der Waals surface area contributed by atoms with Crippen molar-refractivity contribution in [1.82, 2.24) is 0 Å². The van der Waals surface area contributed by atoms with Crippen LogP contribution < -0.4 is 0 Å². The molecule has 0 aliphatic heterocycles. The minimum Gasteiger partial charge on any atom is -0.329 e. The van der Waals surface area contributed by atoms with Crippen molar-refractivity contribution in [2.24, 2.45) is 0 Å². The van der Waals surface area contributed by atoms with Crippen LogP contribution in [0.25, 0.3) is 0 Å². The summed E-state index contributed by atoms with van der Waals surface area (Å²) in [5, 5.41) is 0. The Balaban J connectivity index is 4.60. The quantitative estimate of drug-likeness (QED) is 0.0545. The first-order chi connectivity index (χ1) is 18.5. The highest BCUT2D eigenvalue weighted by Crippen LogP contribution is 2.45. The first-order valence-corrected chi connectivity index (χ1v) is 17.5. The number of hydrogen-bond donors (Lipinski definition) is 1. The van der Waals surface area contributed by atoms with Crippen LogP contribution in [0.1, 0.15) is 149 Å². The number of carbonyl (C=O) groups excluding carboxylic acids is 2. The number of unbranched alkanes of at least 4 members (excludes halogenated alkanes) is 16. The molecule has 0 aromatic carbocycles. The lowest BCUT2D eigenvalue weighted by Gasteiger charge is -2.25. The maximum Gasteiger partial charge on any atom is 0.473 e. The predicted molar refractivity (Wildman–Crippen MR) is 162 cm³/mol. The van der Waals surface area contributed by atoms with Gasteiger partial charge in [0.05, 0.1) is 21.1 Å². The topological polar surface area (TPSA) is 89.9 Å². The van der Waals surface area contributed by atoms with Crippen LogP contribution in [-0.4, -0.2) is 61.3 Å². The van der Waals surface area contributed by atoms with Gasteiger partial charge in [-0.15, -0.1) is 0 Å². The molecule has 0 aliphatic carbocycles. The number of Topliss-reactive ketones (excluding diaryl/α,β-unsaturated/α-hetero) is 2. The molecule has 0 fully saturated rings. The smallest absolute Gasteiger partial charge is 0.329 e. The van der Waals surface area contributed by atoms with E-state index in [4.69, 9.17) is 9.05 Å². The molecular weight excluding hydrogens is 513 g/mol. The second kappa shape index (κ2) is 24.1. The number of likely N-dealkylation sites (N-methyl/N-ethyl adjacent to an activating group) is 1. The molecule has 0 spiro atoms. The lowest BCUT2D eigenvalue weighted by atomic mass is 9.99. The van der Waals surface area contributed by atoms with E-state index in [0.717, 1.165) is 32.1 Å². The maximum absolute atomic E-state index is 13.0. The number of quaternary nitrogens is 1. The summed E-state index contributed by atoms with van der Waals surface area (Å²) in [7, 11) is 1.42. The number of nitrogens with zero attached hydrogens (tertiary/aromatic N) is 1. The van der Waals surface area contributed by atoms with Crippen LogP contribution in [0.3, 0.4) is 0 Å². The Bertz CT molecular complexity index is 664. The maximum atomic E-state index is 13.0. The molecule has 0 aliphatic rings. The zero-order valence-corrected chi connectivity index (χ0v) is 27.1. The third-order valence-electron chi connectivity index (χ3n) is 7.14. The fourth-order valence-corrected chi connectivity index (χ4v) is 5.43. The van der Waals surface area contributed by atoms with Gasteiger partial charge in [-0.3, -0.25) is 18.6 Å². The number of phosphoric acid groups is 1. The third kappa shape index (κ3) is 26.1. The lowest BCUT2D eigenvalue weighted by molar-refractivity contribution is -0.870. The van der Waals surface area contributed by atoms with E-state index in [1.54, 1.807) is 0 Å². The first kappa shape index (κ1) is 38.4. The Morgan fingerprint density at radius 3 is 1.54 bits per heavy atom. The van der Waals surface area contributed by atoms with Crippen molar-refractivity contribution in [3.8, 4) is 0 Å². The molecule has 0 bridgehead atoms. The molecule has 2 atom stereocenters. The van der Waals surface area contributed by atoms with E-state index in [0.29, 0.717) is 23.9 Å². The molecule has 2 unspecified atom stereocenters. The van der Waals surface area contributed by atoms with Crippen molar-refractivity contribution in [2.45, 2.75) is 155 Å². The number of carbonyl (C=O) groups is 2. The molecule has 1 N–H and O–H groups in total. The number of ketones is 2. The number of phosphoric ester groups is 1. The molecule has 0 radical (unpaired) electrons. The van der Waals surface area contributed by atoms with Crippen LogP contribution in [0, 0.1) is 0 Å². The van der Waals surface area contributed by atoms with E-state index < -0.39 is 13.9 Å². The molecule has 39 heavy (non-hydrogen) atoms. The van der Waals surface area contributed by atoms with Crippen LogP contribution in [0.2, 0.25) is 0 Å². The monoisotopic (exact) mass is 576 g/mol. The molecule has 0 heterocycles. The van der Waals surface area contributed by atoms with Crippen molar-refractivity contribution in [1.29, 1.82) is 0 Å². The summed E-state index contributed by atoms with van der Waals surface area (Å²) in [6, 6.07) is 0. The molecule has 0 saturated heterocycles. The Kier molecular flexibility index (Phi) is 23.7. The van der Waals surface area contributed by atoms with E-state index in [-0.39, 0.29) is 31.0 Å². The van der Waals surface area contributed by atoms with Crippen LogP contribution in [0.4, 0.5) is 0 Å². The highest BCUT2D eigenvalue weighted by molar-refractivity contribution is 7.47. The molecule has 232 valence electrons. The summed E-state index contributed by atoms with van der Waals surface area (Å²) in [6.07, 6.45) is 19.9. The molecule has 0 rings (SSSR count). The summed E-state index contributed by atoms with van der Waals surface area (Å²) in [6.45, 7) is 4.98. The summed E-state index contributed by atoms with van der Waals surface area (Å²) < 4.78 is 23.6. The zero-order chi connectivity index (χ0) is 29.4. The Hall–Kier alpha value is -0.590. The molecule has 0 aromatic rings. The minimum absolute atomic E-state index is 0.0306. The van der Waals surface area contributed by atoms with E-state index in [1.807, 2.05) is 21.1 Å². The Labute approximate surface area is 241 Å². The largest absolute Gasteiger partial charge is 0.473 e. The SMILES string of the molecule is CCCCCCCCCCCC(=O)CC(OP(=O)(O)OCC[N+](C)(C)C)C(=O)CCCCCCCCCCC. The van der Waals surface area contributed by atoms with Crippen molar-refractivity contribution in [3.05, 3.63) is 0 Å². The van der Waals surface area contributed by atoms with Crippen molar-refractivity contribution >= 4 is 19.4 Å². The van der Waals surface area contributed by atoms with Crippen LogP contribution in [0.5, 0.6) is 0 Å². The van der Waals surface area contributed by atoms with Crippen molar-refractivity contribution < 1.29 is 32.6 Å². The highest BCUT2D eigenvalue weighted by atomic mass is 31.2. The number of rotatable bonds is 29. The minimum atomic E-state index is -4.44. The van der Waals surface area contributed by atoms with Gasteiger partial charge in [0.2, 0.25) is 0 Å². The van der Waals surface area contributed by atoms with Gasteiger partial charge in [0, 0.05) is 19.3 Å². The van der Waals surface area contributed by atoms with Crippen molar-refractivity contribution in [2.75, 3.05) is 34.3 Å². The molecule has 7 nitrogen and oxygen atoms in total. The normalized spacial score (nSPS) is 14.3. The molecule has 0 saturated carbocycles. The fourth-order valence-electron chi connectivity index (χ4n) is 4.54. The second-order valence-corrected chi connectivity index (χ2v) is 13.7. The van der Waals surface area contributed by atoms with Gasteiger partial charge >= 0.3 is 7.82 Å². The van der Waals surface area contributed by atoms with Crippen LogP contribution >= 0.6 is 7.82 Å². The van der Waals surface area contributed by atoms with Gasteiger partial charge in [0.25, 0.3) is 0 Å². The fraction of sp³-hybridized carbons (Fsp3) is 0.935. The van der Waals surface area contributed by atoms with Gasteiger partial charge < -0.3 is 9.38 Å². The average Bonchev–Trinajstić information content (AvgIpc) is 2.85. The van der Waals surface area contributed by atoms with E-state index in [1.165, 1.54) is 77.0 Å². The van der Waals surface area contributed by atoms with Gasteiger partial charge in [-0.2, -0.15) is 0 Å². The van der Waals surface area contributed by atoms with Gasteiger partial charge in [-0.05, 0) is 12.8 Å². The molecular formula is C31H63NO6P+. The first-order valence-electron chi connectivity index (χ1n) is 16.0. The predicted octanol–water partition coefficient (Wildman–Crippen LogP) is 8.56. The van der Waals surface area contributed by atoms with Gasteiger partial charge in [0.15, 0.2) is 5.78 Å². The summed E-state index contributed by atoms with van der Waals surface area (Å²) in [5.41, 5.74) is 0. The standard InChI is InChI=1S/C31H62NO6P/c1-6-8-10-12-14-16-18-20-22-24-29(33)28-31(38-39(35,36)37-27-26-32(3,4)5)30(34)25-23-21-19-17-15-13-11-9-7-2/h31H,6-28H2,1-5H3/p+1. The molecule has 0 aromatic heterocycles. The van der Waals surface area contributed by atoms with Crippen molar-refractivity contribution in [3.63, 3.8) is 0 Å². The second-order valence-electron chi connectivity index (χ2n) is 12.3. The van der Waals surface area contributed by atoms with E-state index >= 15 is 0 Å². The summed E-state index contributed by atoms with van der Waals surface area (Å²) in [5.74, 6) is -0.363. The number of hydrogen-bond acceptors (Lipinski definition) is 5. The summed E-state index contributed by atoms with van der Waals surface area (Å²) >= 11 is 0. The summed E-state index contributed by atoms with van der Waals surface area (Å²) in [4.78, 5) is 35.9. The van der Waals surface area contributed by atoms with Gasteiger partial charge in [-0.1, -0.05) is 117 Å². The Morgan fingerprint density at radius 2 is 1.10 bits per heavy atom. The molecule has 0 amide bonds. The van der Waals surface area contributed by atoms with E-state index in [2.05, 4.69) is 13.8 Å². The van der Waals surface area contributed by atoms with Gasteiger partial charge in [0.1, 0.15) is 25.0 Å².